The second-order valence-electron chi connectivity index (χ2n) is 5.43. The molecule has 0 radical (unpaired) electrons. The molecule has 1 aromatic heterocycles. The average molecular weight is 342 g/mol. The molecular weight excluding hydrogens is 321 g/mol. The molecule has 6 heteroatoms. The predicted octanol–water partition coefficient (Wildman–Crippen LogP) is 2.95. The Bertz CT molecular complexity index is 672. The second-order valence-corrected chi connectivity index (χ2v) is 5.43. The highest BCUT2D eigenvalue weighted by Gasteiger charge is 2.26. The molecule has 1 heterocycles. The number of hydrogen-bond donors (Lipinski definition) is 2. The second kappa shape index (κ2) is 7.77. The molecule has 22 heavy (non-hydrogen) atoms. The van der Waals surface area contributed by atoms with Crippen molar-refractivity contribution in [3.8, 4) is 0 Å². The third-order valence-electron chi connectivity index (χ3n) is 3.65. The van der Waals surface area contributed by atoms with Crippen molar-refractivity contribution < 1.29 is 4.79 Å². The number of amides is 1. The van der Waals surface area contributed by atoms with Gasteiger partial charge in [-0.1, -0.05) is 11.6 Å². The maximum atomic E-state index is 12.3. The normalized spacial score (nSPS) is 13.2. The number of nitrogens with zero attached hydrogens (tertiary/aromatic N) is 1. The number of carbonyl (C=O) groups excluding carboxylic acids is 1. The lowest BCUT2D eigenvalue weighted by atomic mass is 10.0. The summed E-state index contributed by atoms with van der Waals surface area (Å²) in [6.07, 6.45) is 2.35. The monoisotopic (exact) mass is 341 g/mol. The molecule has 1 saturated carbocycles. The number of nitrogens with two attached hydrogens (primary N) is 1. The highest BCUT2D eigenvalue weighted by molar-refractivity contribution is 6.06. The Labute approximate surface area is 142 Å². The van der Waals surface area contributed by atoms with Crippen LogP contribution in [0.2, 0.25) is 0 Å². The van der Waals surface area contributed by atoms with E-state index >= 15 is 0 Å². The van der Waals surface area contributed by atoms with Crippen molar-refractivity contribution in [3.05, 3.63) is 41.1 Å². The van der Waals surface area contributed by atoms with Gasteiger partial charge in [0.1, 0.15) is 0 Å². The first-order chi connectivity index (χ1) is 9.69. The lowest BCUT2D eigenvalue weighted by molar-refractivity contribution is 0.0956. The standard InChI is InChI=1S/C16H19N3O.2ClH/c1-10-2-5-14-12(8-10)13(16(20)18-7-6-17)9-15(19-14)11-3-4-11;;/h2,5,8-9,11H,3-4,6-7,17H2,1H3,(H,18,20);2*1H. The molecule has 3 rings (SSSR count). The van der Waals surface area contributed by atoms with Crippen LogP contribution in [0.1, 0.15) is 40.4 Å². The SMILES string of the molecule is Cc1ccc2nc(C3CC3)cc(C(=O)NCCN)c2c1.Cl.Cl. The Kier molecular flexibility index (Phi) is 6.60. The number of aromatic nitrogens is 1. The summed E-state index contributed by atoms with van der Waals surface area (Å²) in [5.74, 6) is 0.470. The van der Waals surface area contributed by atoms with Crippen molar-refractivity contribution >= 4 is 41.6 Å². The van der Waals surface area contributed by atoms with Gasteiger partial charge in [-0.3, -0.25) is 9.78 Å². The molecule has 0 unspecified atom stereocenters. The van der Waals surface area contributed by atoms with Gasteiger partial charge in [-0.25, -0.2) is 0 Å². The van der Waals surface area contributed by atoms with Crippen LogP contribution in [0.15, 0.2) is 24.3 Å². The van der Waals surface area contributed by atoms with E-state index in [1.165, 1.54) is 12.8 Å². The number of hydrogen-bond acceptors (Lipinski definition) is 3. The number of halogens is 2. The maximum Gasteiger partial charge on any atom is 0.252 e. The summed E-state index contributed by atoms with van der Waals surface area (Å²) in [4.78, 5) is 17.0. The zero-order valence-corrected chi connectivity index (χ0v) is 14.1. The van der Waals surface area contributed by atoms with Gasteiger partial charge in [-0.15, -0.1) is 24.8 Å². The molecule has 1 aliphatic rings. The summed E-state index contributed by atoms with van der Waals surface area (Å²) in [5.41, 5.74) is 9.24. The van der Waals surface area contributed by atoms with E-state index in [-0.39, 0.29) is 30.7 Å². The van der Waals surface area contributed by atoms with Gasteiger partial charge in [0.05, 0.1) is 11.1 Å². The van der Waals surface area contributed by atoms with Gasteiger partial charge in [-0.05, 0) is 38.0 Å². The lowest BCUT2D eigenvalue weighted by Crippen LogP contribution is -2.29. The first-order valence-corrected chi connectivity index (χ1v) is 7.08. The molecule has 1 aliphatic carbocycles. The lowest BCUT2D eigenvalue weighted by Gasteiger charge is -2.10. The number of rotatable bonds is 4. The van der Waals surface area contributed by atoms with E-state index in [2.05, 4.69) is 5.32 Å². The Morgan fingerprint density at radius 1 is 1.32 bits per heavy atom. The van der Waals surface area contributed by atoms with Crippen LogP contribution in [-0.2, 0) is 0 Å². The molecule has 2 aromatic rings. The minimum Gasteiger partial charge on any atom is -0.351 e. The molecular formula is C16H21Cl2N3O. The molecule has 1 aromatic carbocycles. The van der Waals surface area contributed by atoms with Gasteiger partial charge >= 0.3 is 0 Å². The fraction of sp³-hybridized carbons (Fsp3) is 0.375. The van der Waals surface area contributed by atoms with E-state index in [4.69, 9.17) is 10.7 Å². The summed E-state index contributed by atoms with van der Waals surface area (Å²) in [7, 11) is 0. The van der Waals surface area contributed by atoms with Crippen LogP contribution in [0.3, 0.4) is 0 Å². The minimum atomic E-state index is -0.0599. The fourth-order valence-corrected chi connectivity index (χ4v) is 2.42. The molecule has 120 valence electrons. The van der Waals surface area contributed by atoms with Crippen LogP contribution in [0.5, 0.6) is 0 Å². The average Bonchev–Trinajstić information content (AvgIpc) is 3.28. The van der Waals surface area contributed by atoms with Crippen LogP contribution in [0, 0.1) is 6.92 Å². The van der Waals surface area contributed by atoms with Crippen molar-refractivity contribution in [3.63, 3.8) is 0 Å². The van der Waals surface area contributed by atoms with Gasteiger partial charge in [0.15, 0.2) is 0 Å². The molecule has 0 bridgehead atoms. The highest BCUT2D eigenvalue weighted by Crippen LogP contribution is 2.40. The largest absolute Gasteiger partial charge is 0.351 e. The number of aryl methyl sites for hydroxylation is 1. The third-order valence-corrected chi connectivity index (χ3v) is 3.65. The Morgan fingerprint density at radius 2 is 2.05 bits per heavy atom. The first kappa shape index (κ1) is 18.7. The van der Waals surface area contributed by atoms with Crippen LogP contribution < -0.4 is 11.1 Å². The zero-order valence-electron chi connectivity index (χ0n) is 12.5. The van der Waals surface area contributed by atoms with Gasteiger partial charge in [0, 0.05) is 30.1 Å². The number of nitrogens with one attached hydrogen (secondary N) is 1. The van der Waals surface area contributed by atoms with Crippen LogP contribution in [0.25, 0.3) is 10.9 Å². The Morgan fingerprint density at radius 3 is 2.68 bits per heavy atom. The molecule has 0 saturated heterocycles. The molecule has 3 N–H and O–H groups in total. The van der Waals surface area contributed by atoms with Crippen molar-refractivity contribution in [2.75, 3.05) is 13.1 Å². The van der Waals surface area contributed by atoms with Crippen LogP contribution in [0.4, 0.5) is 0 Å². The predicted molar refractivity (Wildman–Crippen MR) is 94.3 cm³/mol. The van der Waals surface area contributed by atoms with E-state index in [0.29, 0.717) is 24.6 Å². The molecule has 0 aliphatic heterocycles. The molecule has 1 amide bonds. The number of benzene rings is 1. The Balaban J connectivity index is 0.00000121. The van der Waals surface area contributed by atoms with Crippen molar-refractivity contribution in [1.82, 2.24) is 10.3 Å². The van der Waals surface area contributed by atoms with E-state index in [1.807, 2.05) is 31.2 Å². The van der Waals surface area contributed by atoms with Crippen molar-refractivity contribution in [1.29, 1.82) is 0 Å². The molecule has 0 spiro atoms. The topological polar surface area (TPSA) is 68.0 Å². The van der Waals surface area contributed by atoms with Crippen molar-refractivity contribution in [2.24, 2.45) is 5.73 Å². The van der Waals surface area contributed by atoms with Gasteiger partial charge < -0.3 is 11.1 Å². The smallest absolute Gasteiger partial charge is 0.252 e. The summed E-state index contributed by atoms with van der Waals surface area (Å²) < 4.78 is 0. The van der Waals surface area contributed by atoms with Gasteiger partial charge in [0.2, 0.25) is 0 Å². The maximum absolute atomic E-state index is 12.3. The zero-order chi connectivity index (χ0) is 14.1. The molecule has 1 fully saturated rings. The summed E-state index contributed by atoms with van der Waals surface area (Å²) in [6, 6.07) is 8.01. The number of carbonyl (C=O) groups is 1. The molecule has 0 atom stereocenters. The molecule has 4 nitrogen and oxygen atoms in total. The van der Waals surface area contributed by atoms with E-state index < -0.39 is 0 Å². The minimum absolute atomic E-state index is 0. The highest BCUT2D eigenvalue weighted by atomic mass is 35.5. The Hall–Kier alpha value is -1.36. The van der Waals surface area contributed by atoms with Gasteiger partial charge in [-0.2, -0.15) is 0 Å². The van der Waals surface area contributed by atoms with Crippen LogP contribution in [-0.4, -0.2) is 24.0 Å². The third kappa shape index (κ3) is 3.88. The van der Waals surface area contributed by atoms with Crippen LogP contribution >= 0.6 is 24.8 Å². The van der Waals surface area contributed by atoms with E-state index in [9.17, 15) is 4.79 Å². The first-order valence-electron chi connectivity index (χ1n) is 7.08. The summed E-state index contributed by atoms with van der Waals surface area (Å²) >= 11 is 0. The van der Waals surface area contributed by atoms with E-state index in [0.717, 1.165) is 22.2 Å². The summed E-state index contributed by atoms with van der Waals surface area (Å²) in [5, 5.41) is 3.78. The number of pyridine rings is 1. The quantitative estimate of drug-likeness (QED) is 0.898. The van der Waals surface area contributed by atoms with Crippen molar-refractivity contribution in [2.45, 2.75) is 25.7 Å². The number of fused-ring (bicyclic) bond motifs is 1. The van der Waals surface area contributed by atoms with Gasteiger partial charge in [0.25, 0.3) is 5.91 Å². The van der Waals surface area contributed by atoms with E-state index in [1.54, 1.807) is 0 Å². The fourth-order valence-electron chi connectivity index (χ4n) is 2.42. The summed E-state index contributed by atoms with van der Waals surface area (Å²) in [6.45, 7) is 2.96.